The van der Waals surface area contributed by atoms with Gasteiger partial charge in [-0.15, -0.1) is 0 Å². The number of hydrogen-bond acceptors (Lipinski definition) is 8. The van der Waals surface area contributed by atoms with E-state index in [1.165, 1.54) is 13.1 Å². The Morgan fingerprint density at radius 1 is 1.61 bits per heavy atom. The molecule has 1 atom stereocenters. The third-order valence-corrected chi connectivity index (χ3v) is 3.65. The standard InChI is InChI=1S/C7H9ClN4O5S/c1-11-6(18(9,15)16)4(7(14)17-2)5(8)12(11)10-3-13/h6H,1-2H3,(H2,9,15,16). The fraction of sp³-hybridized carbons (Fsp3) is 0.429. The molecule has 0 aromatic rings. The van der Waals surface area contributed by atoms with Gasteiger partial charge in [-0.25, -0.2) is 23.1 Å². The Morgan fingerprint density at radius 2 is 2.17 bits per heavy atom. The Labute approximate surface area is 107 Å². The summed E-state index contributed by atoms with van der Waals surface area (Å²) < 4.78 is 27.3. The third kappa shape index (κ3) is 2.37. The molecule has 0 bridgehead atoms. The number of likely N-dealkylation sites (N-methyl/N-ethyl adjacent to an activating group) is 1. The lowest BCUT2D eigenvalue weighted by atomic mass is 10.3. The molecule has 0 amide bonds. The average molecular weight is 297 g/mol. The zero-order valence-electron chi connectivity index (χ0n) is 9.32. The summed E-state index contributed by atoms with van der Waals surface area (Å²) in [5, 5.41) is 7.75. The lowest BCUT2D eigenvalue weighted by molar-refractivity contribution is -0.136. The van der Waals surface area contributed by atoms with Gasteiger partial charge >= 0.3 is 5.97 Å². The van der Waals surface area contributed by atoms with Crippen LogP contribution in [-0.2, 0) is 24.3 Å². The van der Waals surface area contributed by atoms with E-state index in [-0.39, 0.29) is 0 Å². The number of nitrogens with zero attached hydrogens (tertiary/aromatic N) is 3. The van der Waals surface area contributed by atoms with Crippen LogP contribution in [0.5, 0.6) is 0 Å². The second-order valence-electron chi connectivity index (χ2n) is 3.19. The number of hydrogen-bond donors (Lipinski definition) is 1. The van der Waals surface area contributed by atoms with Crippen molar-refractivity contribution < 1.29 is 22.7 Å². The highest BCUT2D eigenvalue weighted by Gasteiger charge is 2.47. The molecular formula is C7H9ClN4O5S. The Bertz CT molecular complexity index is 552. The lowest BCUT2D eigenvalue weighted by Crippen LogP contribution is -2.45. The number of rotatable bonds is 3. The molecule has 0 aromatic carbocycles. The van der Waals surface area contributed by atoms with Crippen LogP contribution in [0.4, 0.5) is 0 Å². The minimum atomic E-state index is -4.19. The zero-order valence-corrected chi connectivity index (χ0v) is 10.9. The summed E-state index contributed by atoms with van der Waals surface area (Å²) >= 11 is 5.76. The van der Waals surface area contributed by atoms with E-state index in [1.807, 2.05) is 0 Å². The first-order valence-corrected chi connectivity index (χ1v) is 6.34. The first-order chi connectivity index (χ1) is 8.25. The molecule has 1 rings (SSSR count). The van der Waals surface area contributed by atoms with Crippen molar-refractivity contribution in [3.05, 3.63) is 10.7 Å². The van der Waals surface area contributed by atoms with Crippen molar-refractivity contribution in [2.24, 2.45) is 10.2 Å². The number of carbonyl (C=O) groups excluding carboxylic acids is 2. The first kappa shape index (κ1) is 14.6. The van der Waals surface area contributed by atoms with Gasteiger partial charge in [0, 0.05) is 7.05 Å². The number of hydrazone groups is 1. The highest BCUT2D eigenvalue weighted by molar-refractivity contribution is 7.90. The second-order valence-corrected chi connectivity index (χ2v) is 5.17. The number of isocyanates is 1. The number of methoxy groups -OCH3 is 1. The summed E-state index contributed by atoms with van der Waals surface area (Å²) in [5.41, 5.74) is -0.428. The lowest BCUT2D eigenvalue weighted by Gasteiger charge is -2.23. The van der Waals surface area contributed by atoms with Gasteiger partial charge in [-0.3, -0.25) is 0 Å². The molecule has 0 saturated carbocycles. The van der Waals surface area contributed by atoms with Gasteiger partial charge in [0.1, 0.15) is 5.57 Å². The maximum absolute atomic E-state index is 11.5. The molecule has 18 heavy (non-hydrogen) atoms. The molecule has 2 N–H and O–H groups in total. The van der Waals surface area contributed by atoms with E-state index in [2.05, 4.69) is 9.84 Å². The topological polar surface area (TPSA) is 122 Å². The van der Waals surface area contributed by atoms with E-state index in [1.54, 1.807) is 0 Å². The quantitative estimate of drug-likeness (QED) is 0.295. The van der Waals surface area contributed by atoms with Crippen LogP contribution in [0.1, 0.15) is 0 Å². The third-order valence-electron chi connectivity index (χ3n) is 2.14. The minimum absolute atomic E-state index is 0.397. The molecule has 100 valence electrons. The number of ether oxygens (including phenoxy) is 1. The Balaban J connectivity index is 3.44. The average Bonchev–Trinajstić information content (AvgIpc) is 2.52. The Morgan fingerprint density at radius 3 is 2.56 bits per heavy atom. The van der Waals surface area contributed by atoms with Crippen molar-refractivity contribution in [2.45, 2.75) is 5.37 Å². The molecule has 1 heterocycles. The van der Waals surface area contributed by atoms with Gasteiger partial charge in [-0.2, -0.15) is 10.1 Å². The molecule has 1 unspecified atom stereocenters. The number of hydrazine groups is 1. The Kier molecular flexibility index (Phi) is 4.09. The fourth-order valence-electron chi connectivity index (χ4n) is 1.46. The predicted octanol–water partition coefficient (Wildman–Crippen LogP) is -1.36. The Hall–Kier alpha value is -1.45. The summed E-state index contributed by atoms with van der Waals surface area (Å²) in [7, 11) is -1.91. The molecule has 0 aromatic heterocycles. The van der Waals surface area contributed by atoms with Crippen LogP contribution in [0.3, 0.4) is 0 Å². The van der Waals surface area contributed by atoms with Gasteiger partial charge in [0.05, 0.1) is 7.11 Å². The maximum Gasteiger partial charge on any atom is 0.339 e. The number of esters is 1. The summed E-state index contributed by atoms with van der Waals surface area (Å²) in [6.07, 6.45) is 1.17. The van der Waals surface area contributed by atoms with E-state index in [4.69, 9.17) is 16.7 Å². The number of carbonyl (C=O) groups is 1. The van der Waals surface area contributed by atoms with Gasteiger partial charge < -0.3 is 4.74 Å². The summed E-state index contributed by atoms with van der Waals surface area (Å²) in [4.78, 5) is 21.7. The van der Waals surface area contributed by atoms with Crippen molar-refractivity contribution in [3.8, 4) is 0 Å². The highest BCUT2D eigenvalue weighted by Crippen LogP contribution is 2.33. The number of primary sulfonamides is 1. The molecule has 1 aliphatic heterocycles. The number of halogens is 1. The SMILES string of the molecule is COC(=O)C1=C(Cl)N(N=C=O)N(C)C1S(N)(=O)=O. The van der Waals surface area contributed by atoms with Crippen molar-refractivity contribution in [1.82, 2.24) is 10.1 Å². The monoisotopic (exact) mass is 296 g/mol. The van der Waals surface area contributed by atoms with Gasteiger partial charge in [0.2, 0.25) is 10.0 Å². The fourth-order valence-corrected chi connectivity index (χ4v) is 2.91. The van der Waals surface area contributed by atoms with Crippen molar-refractivity contribution in [2.75, 3.05) is 14.2 Å². The van der Waals surface area contributed by atoms with E-state index in [9.17, 15) is 18.0 Å². The van der Waals surface area contributed by atoms with E-state index < -0.39 is 32.1 Å². The summed E-state index contributed by atoms with van der Waals surface area (Å²) in [6.45, 7) is 0. The van der Waals surface area contributed by atoms with Crippen molar-refractivity contribution in [3.63, 3.8) is 0 Å². The van der Waals surface area contributed by atoms with Crippen LogP contribution in [0.15, 0.2) is 15.8 Å². The van der Waals surface area contributed by atoms with E-state index in [0.717, 1.165) is 12.1 Å². The first-order valence-electron chi connectivity index (χ1n) is 4.36. The van der Waals surface area contributed by atoms with E-state index >= 15 is 0 Å². The molecule has 0 radical (unpaired) electrons. The minimum Gasteiger partial charge on any atom is -0.466 e. The number of nitrogens with two attached hydrogens (primary N) is 1. The van der Waals surface area contributed by atoms with Gasteiger partial charge in [-0.05, 0) is 0 Å². The molecule has 9 nitrogen and oxygen atoms in total. The molecule has 0 aliphatic carbocycles. The normalized spacial score (nSPS) is 20.9. The molecule has 11 heteroatoms. The van der Waals surface area contributed by atoms with Crippen LogP contribution in [-0.4, -0.2) is 50.1 Å². The van der Waals surface area contributed by atoms with Gasteiger partial charge in [0.25, 0.3) is 6.08 Å². The van der Waals surface area contributed by atoms with Crippen LogP contribution >= 0.6 is 11.6 Å². The molecule has 1 aliphatic rings. The van der Waals surface area contributed by atoms with Crippen molar-refractivity contribution in [1.29, 1.82) is 0 Å². The summed E-state index contributed by atoms with van der Waals surface area (Å²) in [5.74, 6) is -0.991. The zero-order chi connectivity index (χ0) is 14.1. The molecule has 0 fully saturated rings. The van der Waals surface area contributed by atoms with E-state index in [0.29, 0.717) is 5.12 Å². The predicted molar refractivity (Wildman–Crippen MR) is 59.5 cm³/mol. The smallest absolute Gasteiger partial charge is 0.339 e. The molecule has 0 saturated heterocycles. The number of sulfonamides is 1. The summed E-state index contributed by atoms with van der Waals surface area (Å²) in [6, 6.07) is 0. The van der Waals surface area contributed by atoms with Crippen LogP contribution < -0.4 is 5.14 Å². The molecule has 0 spiro atoms. The largest absolute Gasteiger partial charge is 0.466 e. The maximum atomic E-state index is 11.5. The molecular weight excluding hydrogens is 288 g/mol. The van der Waals surface area contributed by atoms with Crippen molar-refractivity contribution >= 4 is 33.7 Å². The van der Waals surface area contributed by atoms with Crippen LogP contribution in [0, 0.1) is 0 Å². The highest BCUT2D eigenvalue weighted by atomic mass is 35.5. The van der Waals surface area contributed by atoms with Crippen LogP contribution in [0.2, 0.25) is 0 Å². The second kappa shape index (κ2) is 5.04. The van der Waals surface area contributed by atoms with Gasteiger partial charge in [0.15, 0.2) is 10.5 Å². The van der Waals surface area contributed by atoms with Crippen LogP contribution in [0.25, 0.3) is 0 Å². The van der Waals surface area contributed by atoms with Gasteiger partial charge in [-0.1, -0.05) is 16.7 Å².